The second-order valence-electron chi connectivity index (χ2n) is 5.11. The van der Waals surface area contributed by atoms with Crippen molar-refractivity contribution in [2.24, 2.45) is 0 Å². The first kappa shape index (κ1) is 13.1. The zero-order chi connectivity index (χ0) is 13.1. The quantitative estimate of drug-likeness (QED) is 0.754. The molecule has 0 bridgehead atoms. The van der Waals surface area contributed by atoms with E-state index in [-0.39, 0.29) is 18.5 Å². The van der Waals surface area contributed by atoms with Gasteiger partial charge >= 0.3 is 12.0 Å². The molecule has 0 aromatic heterocycles. The minimum absolute atomic E-state index is 0.0160. The normalized spacial score (nSPS) is 28.5. The van der Waals surface area contributed by atoms with Crippen LogP contribution in [-0.4, -0.2) is 63.8 Å². The highest BCUT2D eigenvalue weighted by atomic mass is 16.4. The summed E-state index contributed by atoms with van der Waals surface area (Å²) < 4.78 is 0. The summed E-state index contributed by atoms with van der Waals surface area (Å²) >= 11 is 0. The van der Waals surface area contributed by atoms with Crippen molar-refractivity contribution in [2.45, 2.75) is 44.2 Å². The fourth-order valence-corrected chi connectivity index (χ4v) is 2.81. The van der Waals surface area contributed by atoms with Gasteiger partial charge in [0.1, 0.15) is 0 Å². The molecule has 0 aliphatic carbocycles. The van der Waals surface area contributed by atoms with Crippen LogP contribution in [0.15, 0.2) is 0 Å². The Hall–Kier alpha value is -1.30. The van der Waals surface area contributed by atoms with Crippen LogP contribution in [0.5, 0.6) is 0 Å². The van der Waals surface area contributed by atoms with Gasteiger partial charge in [0, 0.05) is 25.7 Å². The number of carboxylic acids is 1. The molecule has 0 saturated carbocycles. The fourth-order valence-electron chi connectivity index (χ4n) is 2.81. The number of hydrogen-bond donors (Lipinski definition) is 2. The minimum Gasteiger partial charge on any atom is -0.481 e. The Balaban J connectivity index is 1.96. The number of nitrogens with zero attached hydrogens (tertiary/aromatic N) is 2. The Morgan fingerprint density at radius 2 is 1.89 bits per heavy atom. The number of rotatable bonds is 2. The van der Waals surface area contributed by atoms with Gasteiger partial charge in [-0.3, -0.25) is 4.79 Å². The second-order valence-corrected chi connectivity index (χ2v) is 5.11. The third kappa shape index (κ3) is 2.93. The summed E-state index contributed by atoms with van der Waals surface area (Å²) in [6.45, 7) is 1.66. The van der Waals surface area contributed by atoms with Crippen LogP contribution in [0.2, 0.25) is 0 Å². The number of urea groups is 1. The van der Waals surface area contributed by atoms with Crippen molar-refractivity contribution in [3.05, 3.63) is 0 Å². The molecular weight excluding hydrogens is 236 g/mol. The lowest BCUT2D eigenvalue weighted by Crippen LogP contribution is -2.50. The van der Waals surface area contributed by atoms with Crippen molar-refractivity contribution in [2.75, 3.05) is 19.6 Å². The molecule has 0 aromatic carbocycles. The molecule has 2 saturated heterocycles. The maximum absolute atomic E-state index is 12.3. The standard InChI is InChI=1S/C12H20N2O4/c15-10-4-2-5-13(8-10)12(18)14-6-1-3-9(14)7-11(16)17/h9-10,15H,1-8H2,(H,16,17). The van der Waals surface area contributed by atoms with E-state index in [9.17, 15) is 14.7 Å². The first-order valence-electron chi connectivity index (χ1n) is 6.53. The second kappa shape index (κ2) is 5.56. The average molecular weight is 256 g/mol. The van der Waals surface area contributed by atoms with E-state index in [2.05, 4.69) is 0 Å². The molecule has 2 unspecified atom stereocenters. The Morgan fingerprint density at radius 3 is 2.56 bits per heavy atom. The first-order valence-corrected chi connectivity index (χ1v) is 6.53. The molecule has 6 heteroatoms. The zero-order valence-electron chi connectivity index (χ0n) is 10.4. The van der Waals surface area contributed by atoms with Gasteiger partial charge in [0.15, 0.2) is 0 Å². The lowest BCUT2D eigenvalue weighted by atomic mass is 10.1. The van der Waals surface area contributed by atoms with Crippen LogP contribution >= 0.6 is 0 Å². The predicted molar refractivity (Wildman–Crippen MR) is 64.2 cm³/mol. The van der Waals surface area contributed by atoms with Crippen LogP contribution in [0.1, 0.15) is 32.1 Å². The van der Waals surface area contributed by atoms with Crippen molar-refractivity contribution < 1.29 is 19.8 Å². The molecule has 6 nitrogen and oxygen atoms in total. The summed E-state index contributed by atoms with van der Waals surface area (Å²) in [5.41, 5.74) is 0. The van der Waals surface area contributed by atoms with Gasteiger partial charge in [-0.1, -0.05) is 0 Å². The van der Waals surface area contributed by atoms with E-state index in [4.69, 9.17) is 5.11 Å². The van der Waals surface area contributed by atoms with Gasteiger partial charge in [-0.25, -0.2) is 4.79 Å². The Morgan fingerprint density at radius 1 is 1.17 bits per heavy atom. The van der Waals surface area contributed by atoms with Gasteiger partial charge in [0.25, 0.3) is 0 Å². The number of aliphatic carboxylic acids is 1. The molecule has 0 spiro atoms. The molecule has 0 radical (unpaired) electrons. The maximum atomic E-state index is 12.3. The summed E-state index contributed by atoms with van der Waals surface area (Å²) in [5.74, 6) is -0.863. The molecule has 2 aliphatic heterocycles. The van der Waals surface area contributed by atoms with Crippen LogP contribution in [-0.2, 0) is 4.79 Å². The van der Waals surface area contributed by atoms with Crippen molar-refractivity contribution in [3.8, 4) is 0 Å². The number of carboxylic acid groups (broad SMARTS) is 1. The van der Waals surface area contributed by atoms with Crippen LogP contribution < -0.4 is 0 Å². The lowest BCUT2D eigenvalue weighted by Gasteiger charge is -2.35. The van der Waals surface area contributed by atoms with E-state index in [1.54, 1.807) is 9.80 Å². The van der Waals surface area contributed by atoms with E-state index in [1.165, 1.54) is 0 Å². The molecule has 2 N–H and O–H groups in total. The SMILES string of the molecule is O=C(O)CC1CCCN1C(=O)N1CCCC(O)C1. The summed E-state index contributed by atoms with van der Waals surface area (Å²) in [6, 6.07) is -0.299. The van der Waals surface area contributed by atoms with Gasteiger partial charge in [-0.05, 0) is 25.7 Å². The van der Waals surface area contributed by atoms with E-state index < -0.39 is 12.1 Å². The van der Waals surface area contributed by atoms with Crippen molar-refractivity contribution in [3.63, 3.8) is 0 Å². The Labute approximate surface area is 106 Å². The van der Waals surface area contributed by atoms with E-state index >= 15 is 0 Å². The highest BCUT2D eigenvalue weighted by Crippen LogP contribution is 2.23. The van der Waals surface area contributed by atoms with Gasteiger partial charge in [0.05, 0.1) is 12.5 Å². The Kier molecular flexibility index (Phi) is 4.06. The summed E-state index contributed by atoms with van der Waals surface area (Å²) in [7, 11) is 0. The summed E-state index contributed by atoms with van der Waals surface area (Å²) in [5, 5.41) is 18.4. The number of likely N-dealkylation sites (tertiary alicyclic amines) is 2. The van der Waals surface area contributed by atoms with E-state index in [0.717, 1.165) is 25.7 Å². The van der Waals surface area contributed by atoms with Crippen LogP contribution in [0, 0.1) is 0 Å². The number of β-amino-alcohol motifs (C(OH)–C–C–N with tert-alkyl or cyclic N) is 1. The van der Waals surface area contributed by atoms with Gasteiger partial charge in [0.2, 0.25) is 0 Å². The largest absolute Gasteiger partial charge is 0.481 e. The van der Waals surface area contributed by atoms with E-state index in [0.29, 0.717) is 19.6 Å². The lowest BCUT2D eigenvalue weighted by molar-refractivity contribution is -0.138. The third-order valence-corrected chi connectivity index (χ3v) is 3.70. The van der Waals surface area contributed by atoms with E-state index in [1.807, 2.05) is 0 Å². The molecule has 18 heavy (non-hydrogen) atoms. The highest BCUT2D eigenvalue weighted by molar-refractivity contribution is 5.76. The molecule has 2 aliphatic rings. The van der Waals surface area contributed by atoms with Crippen LogP contribution in [0.3, 0.4) is 0 Å². The number of carbonyl (C=O) groups excluding carboxylic acids is 1. The summed E-state index contributed by atoms with van der Waals surface area (Å²) in [4.78, 5) is 26.4. The molecule has 0 aromatic rings. The van der Waals surface area contributed by atoms with Crippen molar-refractivity contribution >= 4 is 12.0 Å². The van der Waals surface area contributed by atoms with Crippen molar-refractivity contribution in [1.82, 2.24) is 9.80 Å². The smallest absolute Gasteiger partial charge is 0.320 e. The number of aliphatic hydroxyl groups excluding tert-OH is 1. The summed E-state index contributed by atoms with van der Waals surface area (Å²) in [6.07, 6.45) is 2.74. The molecule has 2 fully saturated rings. The molecule has 2 atom stereocenters. The van der Waals surface area contributed by atoms with Gasteiger partial charge in [-0.15, -0.1) is 0 Å². The number of carbonyl (C=O) groups is 2. The molecule has 102 valence electrons. The number of piperidine rings is 1. The monoisotopic (exact) mass is 256 g/mol. The number of aliphatic hydroxyl groups is 1. The van der Waals surface area contributed by atoms with Gasteiger partial charge < -0.3 is 20.0 Å². The first-order chi connectivity index (χ1) is 8.58. The zero-order valence-corrected chi connectivity index (χ0v) is 10.4. The average Bonchev–Trinajstić information content (AvgIpc) is 2.75. The topological polar surface area (TPSA) is 81.1 Å². The molecular formula is C12H20N2O4. The number of amides is 2. The maximum Gasteiger partial charge on any atom is 0.320 e. The predicted octanol–water partition coefficient (Wildman–Crippen LogP) is 0.502. The minimum atomic E-state index is -0.863. The van der Waals surface area contributed by atoms with Gasteiger partial charge in [-0.2, -0.15) is 0 Å². The van der Waals surface area contributed by atoms with Crippen LogP contribution in [0.25, 0.3) is 0 Å². The van der Waals surface area contributed by atoms with Crippen molar-refractivity contribution in [1.29, 1.82) is 0 Å². The highest BCUT2D eigenvalue weighted by Gasteiger charge is 2.34. The number of hydrogen-bond acceptors (Lipinski definition) is 3. The fraction of sp³-hybridized carbons (Fsp3) is 0.833. The van der Waals surface area contributed by atoms with Crippen LogP contribution in [0.4, 0.5) is 4.79 Å². The molecule has 2 heterocycles. The Bertz CT molecular complexity index is 334. The molecule has 2 amide bonds. The molecule has 2 rings (SSSR count). The third-order valence-electron chi connectivity index (χ3n) is 3.70.